The lowest BCUT2D eigenvalue weighted by molar-refractivity contribution is 0.261. The summed E-state index contributed by atoms with van der Waals surface area (Å²) in [5, 5.41) is 0. The lowest BCUT2D eigenvalue weighted by Crippen LogP contribution is -2.28. The Hall–Kier alpha value is 0.210. The number of hydrogen-bond acceptors (Lipinski definition) is 2. The Kier molecular flexibility index (Phi) is 11.8. The van der Waals surface area contributed by atoms with E-state index in [4.69, 9.17) is 11.6 Å². The van der Waals surface area contributed by atoms with Crippen molar-refractivity contribution in [2.45, 2.75) is 39.0 Å². The SMILES string of the molecule is CCN(CCCCCCCl)CCCN(C)C. The van der Waals surface area contributed by atoms with Gasteiger partial charge in [-0.2, -0.15) is 0 Å². The van der Waals surface area contributed by atoms with Crippen LogP contribution in [0.2, 0.25) is 0 Å². The summed E-state index contributed by atoms with van der Waals surface area (Å²) in [6.07, 6.45) is 6.40. The van der Waals surface area contributed by atoms with E-state index in [1.54, 1.807) is 0 Å². The zero-order valence-electron chi connectivity index (χ0n) is 11.3. The fourth-order valence-electron chi connectivity index (χ4n) is 1.82. The highest BCUT2D eigenvalue weighted by atomic mass is 35.5. The van der Waals surface area contributed by atoms with Gasteiger partial charge in [0.25, 0.3) is 0 Å². The molecule has 0 saturated carbocycles. The standard InChI is InChI=1S/C13H29ClN2/c1-4-16(13-9-11-15(2)3)12-8-6-5-7-10-14/h4-13H2,1-3H3. The number of hydrogen-bond donors (Lipinski definition) is 0. The lowest BCUT2D eigenvalue weighted by Gasteiger charge is -2.21. The largest absolute Gasteiger partial charge is 0.309 e. The molecule has 16 heavy (non-hydrogen) atoms. The maximum absolute atomic E-state index is 5.65. The summed E-state index contributed by atoms with van der Waals surface area (Å²) in [4.78, 5) is 4.82. The van der Waals surface area contributed by atoms with Gasteiger partial charge in [-0.15, -0.1) is 11.6 Å². The molecule has 0 saturated heterocycles. The fourth-order valence-corrected chi connectivity index (χ4v) is 2.01. The van der Waals surface area contributed by atoms with E-state index in [1.165, 1.54) is 58.3 Å². The molecule has 0 amide bonds. The van der Waals surface area contributed by atoms with Crippen LogP contribution in [0.25, 0.3) is 0 Å². The minimum Gasteiger partial charge on any atom is -0.309 e. The maximum Gasteiger partial charge on any atom is 0.0223 e. The molecule has 98 valence electrons. The van der Waals surface area contributed by atoms with Crippen LogP contribution in [0.5, 0.6) is 0 Å². The molecule has 0 bridgehead atoms. The fraction of sp³-hybridized carbons (Fsp3) is 1.00. The van der Waals surface area contributed by atoms with E-state index < -0.39 is 0 Å². The first-order valence-electron chi connectivity index (χ1n) is 6.63. The average Bonchev–Trinajstić information content (AvgIpc) is 2.26. The lowest BCUT2D eigenvalue weighted by atomic mass is 10.2. The van der Waals surface area contributed by atoms with Crippen molar-refractivity contribution in [3.8, 4) is 0 Å². The Morgan fingerprint density at radius 3 is 2.00 bits per heavy atom. The number of alkyl halides is 1. The molecule has 0 atom stereocenters. The minimum absolute atomic E-state index is 0.820. The highest BCUT2D eigenvalue weighted by molar-refractivity contribution is 6.17. The van der Waals surface area contributed by atoms with Crippen LogP contribution >= 0.6 is 11.6 Å². The van der Waals surface area contributed by atoms with Gasteiger partial charge in [0.2, 0.25) is 0 Å². The second-order valence-electron chi connectivity index (χ2n) is 4.69. The molecule has 0 aromatic carbocycles. The molecule has 0 N–H and O–H groups in total. The van der Waals surface area contributed by atoms with E-state index in [1.807, 2.05) is 0 Å². The van der Waals surface area contributed by atoms with Gasteiger partial charge in [0.1, 0.15) is 0 Å². The summed E-state index contributed by atoms with van der Waals surface area (Å²) in [6.45, 7) is 7.14. The summed E-state index contributed by atoms with van der Waals surface area (Å²) in [5.41, 5.74) is 0. The molecular weight excluding hydrogens is 220 g/mol. The molecule has 0 aliphatic heterocycles. The van der Waals surface area contributed by atoms with Crippen LogP contribution in [-0.2, 0) is 0 Å². The topological polar surface area (TPSA) is 6.48 Å². The average molecular weight is 249 g/mol. The summed E-state index contributed by atoms with van der Waals surface area (Å²) in [7, 11) is 4.28. The van der Waals surface area contributed by atoms with E-state index in [2.05, 4.69) is 30.8 Å². The molecule has 0 rings (SSSR count). The van der Waals surface area contributed by atoms with Gasteiger partial charge in [0, 0.05) is 5.88 Å². The van der Waals surface area contributed by atoms with Crippen molar-refractivity contribution >= 4 is 11.6 Å². The molecule has 0 unspecified atom stereocenters. The number of nitrogens with zero attached hydrogens (tertiary/aromatic N) is 2. The summed E-state index contributed by atoms with van der Waals surface area (Å²) in [6, 6.07) is 0. The zero-order valence-corrected chi connectivity index (χ0v) is 12.1. The van der Waals surface area contributed by atoms with Crippen LogP contribution in [0.1, 0.15) is 39.0 Å². The molecule has 0 heterocycles. The van der Waals surface area contributed by atoms with E-state index in [0.29, 0.717) is 0 Å². The van der Waals surface area contributed by atoms with Crippen LogP contribution in [0.15, 0.2) is 0 Å². The second-order valence-corrected chi connectivity index (χ2v) is 5.07. The molecule has 0 aliphatic carbocycles. The van der Waals surface area contributed by atoms with Crippen molar-refractivity contribution in [2.24, 2.45) is 0 Å². The van der Waals surface area contributed by atoms with E-state index in [-0.39, 0.29) is 0 Å². The van der Waals surface area contributed by atoms with E-state index in [0.717, 1.165) is 5.88 Å². The molecule has 3 heteroatoms. The van der Waals surface area contributed by atoms with Crippen molar-refractivity contribution in [3.63, 3.8) is 0 Å². The van der Waals surface area contributed by atoms with E-state index >= 15 is 0 Å². The van der Waals surface area contributed by atoms with Gasteiger partial charge >= 0.3 is 0 Å². The van der Waals surface area contributed by atoms with Crippen molar-refractivity contribution in [2.75, 3.05) is 46.2 Å². The number of rotatable bonds is 11. The summed E-state index contributed by atoms with van der Waals surface area (Å²) < 4.78 is 0. The van der Waals surface area contributed by atoms with Crippen LogP contribution in [0, 0.1) is 0 Å². The number of unbranched alkanes of at least 4 members (excludes halogenated alkanes) is 3. The molecule has 0 radical (unpaired) electrons. The Morgan fingerprint density at radius 2 is 1.44 bits per heavy atom. The Bertz CT molecular complexity index is 140. The Labute approximate surface area is 107 Å². The molecule has 0 aliphatic rings. The van der Waals surface area contributed by atoms with Gasteiger partial charge in [0.15, 0.2) is 0 Å². The molecule has 0 aromatic heterocycles. The van der Waals surface area contributed by atoms with Gasteiger partial charge in [-0.3, -0.25) is 0 Å². The zero-order chi connectivity index (χ0) is 12.2. The van der Waals surface area contributed by atoms with Crippen molar-refractivity contribution < 1.29 is 0 Å². The third kappa shape index (κ3) is 10.7. The molecule has 0 aromatic rings. The van der Waals surface area contributed by atoms with Crippen molar-refractivity contribution in [1.29, 1.82) is 0 Å². The van der Waals surface area contributed by atoms with Gasteiger partial charge in [-0.05, 0) is 59.5 Å². The van der Waals surface area contributed by atoms with Crippen LogP contribution in [-0.4, -0.2) is 56.0 Å². The predicted molar refractivity (Wildman–Crippen MR) is 74.5 cm³/mol. The van der Waals surface area contributed by atoms with Gasteiger partial charge < -0.3 is 9.80 Å². The molecular formula is C13H29ClN2. The smallest absolute Gasteiger partial charge is 0.0223 e. The predicted octanol–water partition coefficient (Wildman–Crippen LogP) is 3.06. The minimum atomic E-state index is 0.820. The second kappa shape index (κ2) is 11.7. The molecule has 0 fully saturated rings. The maximum atomic E-state index is 5.65. The van der Waals surface area contributed by atoms with Crippen LogP contribution < -0.4 is 0 Å². The Balaban J connectivity index is 3.36. The van der Waals surface area contributed by atoms with Gasteiger partial charge in [-0.25, -0.2) is 0 Å². The molecule has 2 nitrogen and oxygen atoms in total. The highest BCUT2D eigenvalue weighted by Gasteiger charge is 2.01. The van der Waals surface area contributed by atoms with Crippen molar-refractivity contribution in [3.05, 3.63) is 0 Å². The van der Waals surface area contributed by atoms with Gasteiger partial charge in [0.05, 0.1) is 0 Å². The monoisotopic (exact) mass is 248 g/mol. The highest BCUT2D eigenvalue weighted by Crippen LogP contribution is 2.03. The first kappa shape index (κ1) is 16.2. The summed E-state index contributed by atoms with van der Waals surface area (Å²) >= 11 is 5.65. The number of halogens is 1. The normalized spacial score (nSPS) is 11.6. The van der Waals surface area contributed by atoms with Crippen molar-refractivity contribution in [1.82, 2.24) is 9.80 Å². The third-order valence-corrected chi connectivity index (χ3v) is 3.15. The van der Waals surface area contributed by atoms with E-state index in [9.17, 15) is 0 Å². The third-order valence-electron chi connectivity index (χ3n) is 2.88. The van der Waals surface area contributed by atoms with Gasteiger partial charge in [-0.1, -0.05) is 19.8 Å². The quantitative estimate of drug-likeness (QED) is 0.410. The van der Waals surface area contributed by atoms with Crippen LogP contribution in [0.3, 0.4) is 0 Å². The molecule has 0 spiro atoms. The Morgan fingerprint density at radius 1 is 0.812 bits per heavy atom. The first-order valence-corrected chi connectivity index (χ1v) is 7.17. The van der Waals surface area contributed by atoms with Crippen LogP contribution in [0.4, 0.5) is 0 Å². The first-order chi connectivity index (χ1) is 7.70. The summed E-state index contributed by atoms with van der Waals surface area (Å²) in [5.74, 6) is 0.820.